The maximum atomic E-state index is 12.4. The quantitative estimate of drug-likeness (QED) is 0.592. The summed E-state index contributed by atoms with van der Waals surface area (Å²) < 4.78 is 5.98. The molecule has 0 aromatic carbocycles. The number of ketones is 1. The zero-order valence-corrected chi connectivity index (χ0v) is 18.6. The van der Waals surface area contributed by atoms with Crippen LogP contribution >= 0.6 is 0 Å². The summed E-state index contributed by atoms with van der Waals surface area (Å²) >= 11 is 0. The van der Waals surface area contributed by atoms with Crippen LogP contribution in [0.15, 0.2) is 11.6 Å². The van der Waals surface area contributed by atoms with Gasteiger partial charge in [0.15, 0.2) is 5.78 Å². The fourth-order valence-electron chi connectivity index (χ4n) is 7.44. The zero-order chi connectivity index (χ0) is 20.6. The van der Waals surface area contributed by atoms with Crippen LogP contribution in [0.1, 0.15) is 91.4 Å². The third-order valence-corrected chi connectivity index (χ3v) is 9.17. The van der Waals surface area contributed by atoms with Gasteiger partial charge in [-0.2, -0.15) is 0 Å². The van der Waals surface area contributed by atoms with Gasteiger partial charge in [0.05, 0.1) is 0 Å². The van der Waals surface area contributed by atoms with Gasteiger partial charge in [0.25, 0.3) is 0 Å². The molecule has 0 radical (unpaired) electrons. The standard InChI is InChI=1S/C25H39NO3/c1-4-5-6-15-26-23(28)29-22-10-9-20-19-8-7-17-16-18(27)11-13-24(17,2)21(19)12-14-25(20,22)3/h16,19-22H,4-15H2,1-3H3,(H,26,28)/t19?,20?,21?,22-,24-,25-/m0/s1. The van der Waals surface area contributed by atoms with Crippen LogP contribution in [-0.4, -0.2) is 24.5 Å². The van der Waals surface area contributed by atoms with Gasteiger partial charge in [0, 0.05) is 18.4 Å². The van der Waals surface area contributed by atoms with E-state index >= 15 is 0 Å². The Labute approximate surface area is 176 Å². The molecule has 29 heavy (non-hydrogen) atoms. The topological polar surface area (TPSA) is 55.4 Å². The van der Waals surface area contributed by atoms with Crippen molar-refractivity contribution in [2.24, 2.45) is 28.6 Å². The van der Waals surface area contributed by atoms with Gasteiger partial charge in [0.1, 0.15) is 6.10 Å². The second-order valence-electron chi connectivity index (χ2n) is 10.6. The Morgan fingerprint density at radius 2 is 1.93 bits per heavy atom. The molecule has 0 aromatic rings. The maximum absolute atomic E-state index is 12.4. The molecule has 1 N–H and O–H groups in total. The first-order valence-electron chi connectivity index (χ1n) is 12.1. The fraction of sp³-hybridized carbons (Fsp3) is 0.840. The van der Waals surface area contributed by atoms with Gasteiger partial charge in [-0.15, -0.1) is 0 Å². The molecule has 0 aromatic heterocycles. The summed E-state index contributed by atoms with van der Waals surface area (Å²) in [7, 11) is 0. The first kappa shape index (κ1) is 20.9. The van der Waals surface area contributed by atoms with Crippen LogP contribution in [-0.2, 0) is 9.53 Å². The number of rotatable bonds is 5. The van der Waals surface area contributed by atoms with Crippen molar-refractivity contribution in [3.8, 4) is 0 Å². The molecule has 3 saturated carbocycles. The Balaban J connectivity index is 1.43. The van der Waals surface area contributed by atoms with Crippen molar-refractivity contribution in [2.75, 3.05) is 6.54 Å². The van der Waals surface area contributed by atoms with E-state index in [1.807, 2.05) is 6.08 Å². The minimum atomic E-state index is -0.221. The number of carbonyl (C=O) groups is 2. The summed E-state index contributed by atoms with van der Waals surface area (Å²) in [6, 6.07) is 0. The number of ether oxygens (including phenoxy) is 1. The second-order valence-corrected chi connectivity index (χ2v) is 10.6. The summed E-state index contributed by atoms with van der Waals surface area (Å²) in [5, 5.41) is 2.96. The number of unbranched alkanes of at least 4 members (excludes halogenated alkanes) is 2. The summed E-state index contributed by atoms with van der Waals surface area (Å²) in [4.78, 5) is 24.3. The largest absolute Gasteiger partial charge is 0.446 e. The van der Waals surface area contributed by atoms with Crippen LogP contribution in [0.3, 0.4) is 0 Å². The number of carbonyl (C=O) groups excluding carboxylic acids is 2. The van der Waals surface area contributed by atoms with E-state index in [0.29, 0.717) is 23.5 Å². The van der Waals surface area contributed by atoms with Gasteiger partial charge in [-0.3, -0.25) is 4.79 Å². The van der Waals surface area contributed by atoms with Gasteiger partial charge in [-0.1, -0.05) is 39.2 Å². The molecule has 4 aliphatic rings. The Bertz CT molecular complexity index is 686. The smallest absolute Gasteiger partial charge is 0.407 e. The molecule has 3 unspecified atom stereocenters. The van der Waals surface area contributed by atoms with Crippen molar-refractivity contribution in [2.45, 2.75) is 97.5 Å². The highest BCUT2D eigenvalue weighted by molar-refractivity contribution is 5.91. The van der Waals surface area contributed by atoms with Gasteiger partial charge < -0.3 is 10.1 Å². The zero-order valence-electron chi connectivity index (χ0n) is 18.6. The average molecular weight is 402 g/mol. The van der Waals surface area contributed by atoms with E-state index in [9.17, 15) is 9.59 Å². The van der Waals surface area contributed by atoms with Crippen LogP contribution in [0.5, 0.6) is 0 Å². The number of nitrogens with one attached hydrogen (secondary N) is 1. The molecule has 162 valence electrons. The third kappa shape index (κ3) is 3.65. The molecular formula is C25H39NO3. The van der Waals surface area contributed by atoms with Crippen LogP contribution in [0, 0.1) is 28.6 Å². The third-order valence-electron chi connectivity index (χ3n) is 9.17. The van der Waals surface area contributed by atoms with E-state index < -0.39 is 0 Å². The van der Waals surface area contributed by atoms with Gasteiger partial charge in [-0.05, 0) is 80.6 Å². The molecule has 4 aliphatic carbocycles. The Morgan fingerprint density at radius 1 is 1.10 bits per heavy atom. The van der Waals surface area contributed by atoms with Crippen LogP contribution in [0.25, 0.3) is 0 Å². The molecule has 6 atom stereocenters. The molecule has 0 heterocycles. The minimum absolute atomic E-state index is 0.0531. The van der Waals surface area contributed by atoms with Crippen molar-refractivity contribution in [1.82, 2.24) is 5.32 Å². The van der Waals surface area contributed by atoms with Crippen LogP contribution in [0.2, 0.25) is 0 Å². The number of hydrogen-bond donors (Lipinski definition) is 1. The summed E-state index contributed by atoms with van der Waals surface area (Å²) in [6.45, 7) is 7.70. The van der Waals surface area contributed by atoms with Crippen LogP contribution in [0.4, 0.5) is 4.79 Å². The van der Waals surface area contributed by atoms with Crippen molar-refractivity contribution in [1.29, 1.82) is 0 Å². The Morgan fingerprint density at radius 3 is 2.72 bits per heavy atom. The monoisotopic (exact) mass is 401 g/mol. The van der Waals surface area contributed by atoms with Crippen molar-refractivity contribution in [3.63, 3.8) is 0 Å². The highest BCUT2D eigenvalue weighted by atomic mass is 16.6. The highest BCUT2D eigenvalue weighted by Crippen LogP contribution is 2.65. The van der Waals surface area contributed by atoms with Crippen LogP contribution < -0.4 is 5.32 Å². The number of fused-ring (bicyclic) bond motifs is 5. The van der Waals surface area contributed by atoms with E-state index in [2.05, 4.69) is 26.1 Å². The Kier molecular flexibility index (Phi) is 5.83. The Hall–Kier alpha value is -1.32. The molecule has 0 saturated heterocycles. The first-order chi connectivity index (χ1) is 13.9. The lowest BCUT2D eigenvalue weighted by atomic mass is 9.47. The predicted octanol–water partition coefficient (Wildman–Crippen LogP) is 5.80. The predicted molar refractivity (Wildman–Crippen MR) is 115 cm³/mol. The average Bonchev–Trinajstić information content (AvgIpc) is 3.02. The number of alkyl carbamates (subject to hydrolysis) is 1. The van der Waals surface area contributed by atoms with E-state index in [-0.39, 0.29) is 23.0 Å². The normalized spacial score (nSPS) is 41.1. The first-order valence-corrected chi connectivity index (χ1v) is 12.1. The molecule has 0 aliphatic heterocycles. The second kappa shape index (κ2) is 8.07. The van der Waals surface area contributed by atoms with E-state index in [1.165, 1.54) is 24.8 Å². The lowest BCUT2D eigenvalue weighted by molar-refractivity contribution is -0.118. The van der Waals surface area contributed by atoms with Gasteiger partial charge >= 0.3 is 6.09 Å². The minimum Gasteiger partial charge on any atom is -0.446 e. The summed E-state index contributed by atoms with van der Waals surface area (Å²) in [5.74, 6) is 2.38. The molecule has 4 heteroatoms. The van der Waals surface area contributed by atoms with Gasteiger partial charge in [-0.25, -0.2) is 4.79 Å². The summed E-state index contributed by atoms with van der Waals surface area (Å²) in [5.41, 5.74) is 1.76. The molecule has 3 fully saturated rings. The lowest BCUT2D eigenvalue weighted by Crippen LogP contribution is -2.52. The molecule has 4 rings (SSSR count). The SMILES string of the molecule is CCCCCNC(=O)O[C@H]1CCC2C3CCC4=CC(=O)CC[C@]4(C)C3CC[C@@]21C. The molecular weight excluding hydrogens is 362 g/mol. The van der Waals surface area contributed by atoms with Crippen molar-refractivity contribution >= 4 is 11.9 Å². The molecule has 1 amide bonds. The molecule has 4 nitrogen and oxygen atoms in total. The lowest BCUT2D eigenvalue weighted by Gasteiger charge is -2.57. The molecule has 0 spiro atoms. The van der Waals surface area contributed by atoms with E-state index in [4.69, 9.17) is 4.74 Å². The van der Waals surface area contributed by atoms with Gasteiger partial charge in [0.2, 0.25) is 0 Å². The van der Waals surface area contributed by atoms with Crippen molar-refractivity contribution < 1.29 is 14.3 Å². The maximum Gasteiger partial charge on any atom is 0.407 e. The van der Waals surface area contributed by atoms with Crippen molar-refractivity contribution in [3.05, 3.63) is 11.6 Å². The number of hydrogen-bond acceptors (Lipinski definition) is 3. The van der Waals surface area contributed by atoms with E-state index in [0.717, 1.165) is 57.9 Å². The highest BCUT2D eigenvalue weighted by Gasteiger charge is 2.59. The number of amides is 1. The fourth-order valence-corrected chi connectivity index (χ4v) is 7.44. The number of allylic oxidation sites excluding steroid dienone is 1. The molecule has 0 bridgehead atoms. The van der Waals surface area contributed by atoms with E-state index in [1.54, 1.807) is 0 Å². The summed E-state index contributed by atoms with van der Waals surface area (Å²) in [6.07, 6.45) is 13.7.